The fourth-order valence-electron chi connectivity index (χ4n) is 3.44. The van der Waals surface area contributed by atoms with Crippen LogP contribution in [0.5, 0.6) is 0 Å². The van der Waals surface area contributed by atoms with Crippen molar-refractivity contribution in [2.45, 2.75) is 49.7 Å². The molecule has 1 unspecified atom stereocenters. The molecule has 1 saturated carbocycles. The molecule has 1 atom stereocenters. The number of hydrogen-bond donors (Lipinski definition) is 2. The zero-order chi connectivity index (χ0) is 23.3. The summed E-state index contributed by atoms with van der Waals surface area (Å²) in [4.78, 5) is 34.4. The highest BCUT2D eigenvalue weighted by Gasteiger charge is 2.32. The van der Waals surface area contributed by atoms with Gasteiger partial charge in [0.15, 0.2) is 15.1 Å². The average Bonchev–Trinajstić information content (AvgIpc) is 3.58. The first-order chi connectivity index (χ1) is 15.3. The average molecular weight is 461 g/mol. The van der Waals surface area contributed by atoms with Crippen LogP contribution in [-0.4, -0.2) is 53.7 Å². The van der Waals surface area contributed by atoms with E-state index in [0.717, 1.165) is 19.5 Å². The van der Waals surface area contributed by atoms with Crippen molar-refractivity contribution in [2.75, 3.05) is 23.3 Å². The number of carbonyl (C=O) groups excluding carboxylic acids is 1. The third-order valence-corrected chi connectivity index (χ3v) is 7.55. The molecule has 0 aliphatic heterocycles. The van der Waals surface area contributed by atoms with E-state index in [1.165, 1.54) is 50.4 Å². The van der Waals surface area contributed by atoms with Gasteiger partial charge >= 0.3 is 5.97 Å². The Hall–Kier alpha value is -3.01. The SMILES string of the molecule is CCCN(CC1CC1)c1cc(C(=O)Nc2ccc(S(=O)(=O)C(CC)C(=O)O)cc2)ncn1. The van der Waals surface area contributed by atoms with Gasteiger partial charge in [0.25, 0.3) is 5.91 Å². The van der Waals surface area contributed by atoms with Crippen molar-refractivity contribution < 1.29 is 23.1 Å². The minimum Gasteiger partial charge on any atom is -0.480 e. The van der Waals surface area contributed by atoms with Crippen LogP contribution in [-0.2, 0) is 14.6 Å². The second-order valence-electron chi connectivity index (χ2n) is 7.91. The number of sulfone groups is 1. The van der Waals surface area contributed by atoms with Crippen LogP contribution < -0.4 is 10.2 Å². The molecule has 1 fully saturated rings. The third kappa shape index (κ3) is 5.61. The summed E-state index contributed by atoms with van der Waals surface area (Å²) >= 11 is 0. The van der Waals surface area contributed by atoms with Gasteiger partial charge in [-0.25, -0.2) is 18.4 Å². The highest BCUT2D eigenvalue weighted by molar-refractivity contribution is 7.92. The van der Waals surface area contributed by atoms with Crippen molar-refractivity contribution in [2.24, 2.45) is 5.92 Å². The van der Waals surface area contributed by atoms with Gasteiger partial charge < -0.3 is 15.3 Å². The maximum absolute atomic E-state index is 12.7. The van der Waals surface area contributed by atoms with Crippen LogP contribution in [0.1, 0.15) is 50.0 Å². The summed E-state index contributed by atoms with van der Waals surface area (Å²) in [7, 11) is -4.01. The molecule has 1 aromatic carbocycles. The third-order valence-electron chi connectivity index (χ3n) is 5.34. The number of rotatable bonds is 11. The van der Waals surface area contributed by atoms with E-state index < -0.39 is 27.0 Å². The molecule has 0 spiro atoms. The van der Waals surface area contributed by atoms with Gasteiger partial charge in [-0.15, -0.1) is 0 Å². The number of carbonyl (C=O) groups is 2. The van der Waals surface area contributed by atoms with E-state index in [1.54, 1.807) is 6.07 Å². The standard InChI is InChI=1S/C22H28N4O5S/c1-3-11-26(13-15-5-6-15)20-12-18(23-14-24-20)21(27)25-16-7-9-17(10-8-16)32(30,31)19(4-2)22(28)29/h7-10,12,14-15,19H,3-6,11,13H2,1-2H3,(H,25,27)(H,28,29). The Morgan fingerprint density at radius 1 is 1.19 bits per heavy atom. The number of nitrogens with one attached hydrogen (secondary N) is 1. The first kappa shape index (κ1) is 23.6. The van der Waals surface area contributed by atoms with Crippen molar-refractivity contribution >= 4 is 33.2 Å². The predicted molar refractivity (Wildman–Crippen MR) is 121 cm³/mol. The smallest absolute Gasteiger partial charge is 0.322 e. The fourth-order valence-corrected chi connectivity index (χ4v) is 4.99. The van der Waals surface area contributed by atoms with Crippen LogP contribution in [0.4, 0.5) is 11.5 Å². The normalized spacial score (nSPS) is 14.6. The van der Waals surface area contributed by atoms with Crippen LogP contribution in [0.3, 0.4) is 0 Å². The lowest BCUT2D eigenvalue weighted by molar-refractivity contribution is -0.136. The van der Waals surface area contributed by atoms with E-state index in [2.05, 4.69) is 27.1 Å². The van der Waals surface area contributed by atoms with Gasteiger partial charge in [0.1, 0.15) is 17.8 Å². The lowest BCUT2D eigenvalue weighted by atomic mass is 10.2. The maximum Gasteiger partial charge on any atom is 0.322 e. The van der Waals surface area contributed by atoms with Crippen LogP contribution in [0.2, 0.25) is 0 Å². The maximum atomic E-state index is 12.7. The molecule has 172 valence electrons. The van der Waals surface area contributed by atoms with Gasteiger partial charge in [-0.2, -0.15) is 0 Å². The van der Waals surface area contributed by atoms with Crippen LogP contribution in [0.25, 0.3) is 0 Å². The number of carboxylic acids is 1. The molecule has 9 nitrogen and oxygen atoms in total. The molecule has 1 heterocycles. The minimum absolute atomic E-state index is 0.0397. The largest absolute Gasteiger partial charge is 0.480 e. The molecule has 1 amide bonds. The second-order valence-corrected chi connectivity index (χ2v) is 10.0. The van der Waals surface area contributed by atoms with Crippen molar-refractivity contribution in [3.8, 4) is 0 Å². The number of aliphatic carboxylic acids is 1. The van der Waals surface area contributed by atoms with Crippen molar-refractivity contribution in [3.63, 3.8) is 0 Å². The van der Waals surface area contributed by atoms with E-state index in [4.69, 9.17) is 5.11 Å². The molecular formula is C22H28N4O5S. The molecule has 2 N–H and O–H groups in total. The van der Waals surface area contributed by atoms with Gasteiger partial charge in [-0.1, -0.05) is 13.8 Å². The fraction of sp³-hybridized carbons (Fsp3) is 0.455. The molecule has 10 heteroatoms. The zero-order valence-corrected chi connectivity index (χ0v) is 19.0. The first-order valence-electron chi connectivity index (χ1n) is 10.7. The molecule has 3 rings (SSSR count). The van der Waals surface area contributed by atoms with Gasteiger partial charge in [-0.05, 0) is 55.9 Å². The number of carboxylic acid groups (broad SMARTS) is 1. The number of hydrogen-bond acceptors (Lipinski definition) is 7. The molecule has 0 saturated heterocycles. The van der Waals surface area contributed by atoms with E-state index in [1.807, 2.05) is 0 Å². The molecule has 1 aliphatic carbocycles. The Morgan fingerprint density at radius 2 is 1.88 bits per heavy atom. The molecule has 0 radical (unpaired) electrons. The van der Waals surface area contributed by atoms with E-state index in [-0.39, 0.29) is 17.0 Å². The Balaban J connectivity index is 1.73. The number of aromatic nitrogens is 2. The monoisotopic (exact) mass is 460 g/mol. The highest BCUT2D eigenvalue weighted by Crippen LogP contribution is 2.31. The Kier molecular flexibility index (Phi) is 7.44. The summed E-state index contributed by atoms with van der Waals surface area (Å²) in [5.41, 5.74) is 0.585. The molecule has 1 aromatic heterocycles. The van der Waals surface area contributed by atoms with Crippen LogP contribution in [0, 0.1) is 5.92 Å². The van der Waals surface area contributed by atoms with Crippen LogP contribution in [0.15, 0.2) is 41.6 Å². The van der Waals surface area contributed by atoms with Crippen LogP contribution >= 0.6 is 0 Å². The Morgan fingerprint density at radius 3 is 2.44 bits per heavy atom. The summed E-state index contributed by atoms with van der Waals surface area (Å²) < 4.78 is 25.0. The van der Waals surface area contributed by atoms with Gasteiger partial charge in [0.2, 0.25) is 0 Å². The summed E-state index contributed by atoms with van der Waals surface area (Å²) in [5.74, 6) is -0.441. The number of benzene rings is 1. The quantitative estimate of drug-likeness (QED) is 0.523. The summed E-state index contributed by atoms with van der Waals surface area (Å²) in [6, 6.07) is 7.10. The van der Waals surface area contributed by atoms with Crippen molar-refractivity contribution in [1.29, 1.82) is 0 Å². The van der Waals surface area contributed by atoms with E-state index in [9.17, 15) is 18.0 Å². The van der Waals surface area contributed by atoms with E-state index >= 15 is 0 Å². The molecule has 1 aliphatic rings. The van der Waals surface area contributed by atoms with Gasteiger partial charge in [-0.3, -0.25) is 9.59 Å². The molecular weight excluding hydrogens is 432 g/mol. The molecule has 32 heavy (non-hydrogen) atoms. The summed E-state index contributed by atoms with van der Waals surface area (Å²) in [5, 5.41) is 10.3. The van der Waals surface area contributed by atoms with Crippen molar-refractivity contribution in [1.82, 2.24) is 9.97 Å². The van der Waals surface area contributed by atoms with E-state index in [0.29, 0.717) is 17.4 Å². The molecule has 2 aromatic rings. The number of nitrogens with zero attached hydrogens (tertiary/aromatic N) is 3. The second kappa shape index (κ2) is 10.1. The topological polar surface area (TPSA) is 130 Å². The predicted octanol–water partition coefficient (Wildman–Crippen LogP) is 2.99. The number of anilines is 2. The highest BCUT2D eigenvalue weighted by atomic mass is 32.2. The minimum atomic E-state index is -4.01. The lowest BCUT2D eigenvalue weighted by Crippen LogP contribution is -2.29. The summed E-state index contributed by atoms with van der Waals surface area (Å²) in [6.45, 7) is 5.36. The zero-order valence-electron chi connectivity index (χ0n) is 18.2. The van der Waals surface area contributed by atoms with Gasteiger partial charge in [0.05, 0.1) is 4.90 Å². The number of amides is 1. The van der Waals surface area contributed by atoms with Gasteiger partial charge in [0, 0.05) is 24.8 Å². The lowest BCUT2D eigenvalue weighted by Gasteiger charge is -2.23. The Bertz CT molecular complexity index is 1070. The molecule has 0 bridgehead atoms. The summed E-state index contributed by atoms with van der Waals surface area (Å²) in [6.07, 6.45) is 4.73. The first-order valence-corrected chi connectivity index (χ1v) is 12.3. The van der Waals surface area contributed by atoms with Crippen molar-refractivity contribution in [3.05, 3.63) is 42.4 Å². The Labute approximate surface area is 187 Å².